The van der Waals surface area contributed by atoms with Crippen LogP contribution < -0.4 is 9.79 Å². The Morgan fingerprint density at radius 2 is 1.40 bits per heavy atom. The third kappa shape index (κ3) is 13.5. The van der Waals surface area contributed by atoms with Gasteiger partial charge in [-0.05, 0) is 24.7 Å². The average molecular weight is 320 g/mol. The van der Waals surface area contributed by atoms with Crippen LogP contribution in [0.25, 0.3) is 0 Å². The second-order valence-corrected chi connectivity index (χ2v) is 10.4. The molecule has 0 unspecified atom stereocenters. The van der Waals surface area contributed by atoms with Crippen LogP contribution in [-0.2, 0) is 31.3 Å². The summed E-state index contributed by atoms with van der Waals surface area (Å²) in [5, 5.41) is 0.163. The second kappa shape index (κ2) is 8.61. The van der Waals surface area contributed by atoms with Crippen LogP contribution in [0.4, 0.5) is 0 Å². The van der Waals surface area contributed by atoms with Crippen molar-refractivity contribution in [3.63, 3.8) is 0 Å². The van der Waals surface area contributed by atoms with E-state index in [1.807, 2.05) is 0 Å². The molecule has 0 aliphatic heterocycles. The average Bonchev–Trinajstić information content (AvgIpc) is 1.77. The van der Waals surface area contributed by atoms with E-state index in [9.17, 15) is 9.79 Å². The largest absolute Gasteiger partial charge is 2.00 e. The molecule has 0 bridgehead atoms. The molecule has 0 aliphatic carbocycles. The SMILES string of the molecule is CC(C)CC(CC(C)C)SP([O-])([O-])=S.[Zn+2]. The predicted molar refractivity (Wildman–Crippen MR) is 64.6 cm³/mol. The fourth-order valence-corrected chi connectivity index (χ4v) is 5.43. The Morgan fingerprint density at radius 3 is 1.60 bits per heavy atom. The fraction of sp³-hybridized carbons (Fsp3) is 1.00. The minimum atomic E-state index is -3.58. The van der Waals surface area contributed by atoms with Gasteiger partial charge in [0.15, 0.2) is 0 Å². The second-order valence-electron chi connectivity index (χ2n) is 4.43. The monoisotopic (exact) mass is 318 g/mol. The summed E-state index contributed by atoms with van der Waals surface area (Å²) in [6, 6.07) is 0. The molecule has 0 saturated heterocycles. The van der Waals surface area contributed by atoms with E-state index < -0.39 is 5.69 Å². The van der Waals surface area contributed by atoms with Gasteiger partial charge in [0.25, 0.3) is 0 Å². The van der Waals surface area contributed by atoms with Crippen LogP contribution in [0.2, 0.25) is 0 Å². The first-order valence-electron chi connectivity index (χ1n) is 4.91. The van der Waals surface area contributed by atoms with Crippen molar-refractivity contribution < 1.29 is 29.3 Å². The molecule has 0 rings (SSSR count). The van der Waals surface area contributed by atoms with Crippen LogP contribution in [0.3, 0.4) is 0 Å². The first-order chi connectivity index (χ1) is 6.20. The van der Waals surface area contributed by atoms with Crippen molar-refractivity contribution in [3.05, 3.63) is 0 Å². The van der Waals surface area contributed by atoms with Crippen LogP contribution in [0, 0.1) is 11.8 Å². The zero-order chi connectivity index (χ0) is 11.4. The Morgan fingerprint density at radius 1 is 1.07 bits per heavy atom. The summed E-state index contributed by atoms with van der Waals surface area (Å²) in [4.78, 5) is 22.0. The molecule has 0 aromatic rings. The number of rotatable bonds is 6. The van der Waals surface area contributed by atoms with E-state index in [-0.39, 0.29) is 24.7 Å². The zero-order valence-electron chi connectivity index (χ0n) is 9.93. The van der Waals surface area contributed by atoms with Gasteiger partial charge in [-0.15, -0.1) is 11.8 Å². The maximum Gasteiger partial charge on any atom is 2.00 e. The van der Waals surface area contributed by atoms with Crippen molar-refractivity contribution in [2.45, 2.75) is 45.8 Å². The summed E-state index contributed by atoms with van der Waals surface area (Å²) in [5.74, 6) is 1.04. The van der Waals surface area contributed by atoms with Gasteiger partial charge < -0.3 is 9.79 Å². The Hall–Kier alpha value is 1.54. The van der Waals surface area contributed by atoms with Gasteiger partial charge in [0.05, 0.1) is 0 Å². The standard InChI is InChI=1S/C9H21O2PS2.Zn/c1-7(2)5-9(6-8(3)4)14-12(10,11)13;/h7-9H,5-6H2,1-4H3,(H2,10,11,13);/q;+2/p-2. The van der Waals surface area contributed by atoms with E-state index in [0.29, 0.717) is 11.8 Å². The minimum Gasteiger partial charge on any atom is -0.825 e. The van der Waals surface area contributed by atoms with Gasteiger partial charge in [-0.1, -0.05) is 27.7 Å². The molecule has 0 aliphatic rings. The maximum atomic E-state index is 11.0. The van der Waals surface area contributed by atoms with Gasteiger partial charge in [-0.3, -0.25) is 0 Å². The van der Waals surface area contributed by atoms with Crippen LogP contribution in [0.5, 0.6) is 0 Å². The third-order valence-electron chi connectivity index (χ3n) is 1.75. The predicted octanol–water partition coefficient (Wildman–Crippen LogP) is 2.12. The Kier molecular flexibility index (Phi) is 10.8. The fourth-order valence-electron chi connectivity index (χ4n) is 1.42. The molecule has 15 heavy (non-hydrogen) atoms. The molecule has 0 fully saturated rings. The van der Waals surface area contributed by atoms with Gasteiger partial charge in [-0.2, -0.15) is 17.1 Å². The van der Waals surface area contributed by atoms with Gasteiger partial charge >= 0.3 is 19.5 Å². The molecule has 2 nitrogen and oxygen atoms in total. The van der Waals surface area contributed by atoms with Crippen molar-refractivity contribution in [1.29, 1.82) is 0 Å². The first kappa shape index (κ1) is 18.9. The molecule has 6 heteroatoms. The van der Waals surface area contributed by atoms with Crippen LogP contribution >= 0.6 is 17.1 Å². The molecule has 0 aromatic carbocycles. The van der Waals surface area contributed by atoms with Crippen LogP contribution in [-0.4, -0.2) is 5.25 Å². The topological polar surface area (TPSA) is 46.1 Å². The van der Waals surface area contributed by atoms with Gasteiger partial charge in [0.1, 0.15) is 0 Å². The molecule has 0 aromatic heterocycles. The maximum absolute atomic E-state index is 11.0. The summed E-state index contributed by atoms with van der Waals surface area (Å²) in [6.45, 7) is 8.42. The normalized spacial score (nSPS) is 12.3. The Balaban J connectivity index is 0. The summed E-state index contributed by atoms with van der Waals surface area (Å²) in [7, 11) is 0. The molecule has 0 atom stereocenters. The summed E-state index contributed by atoms with van der Waals surface area (Å²) >= 11 is 5.40. The van der Waals surface area contributed by atoms with Gasteiger partial charge in [0, 0.05) is 5.25 Å². The smallest absolute Gasteiger partial charge is 0.825 e. The van der Waals surface area contributed by atoms with Crippen molar-refractivity contribution in [3.8, 4) is 0 Å². The molecular weight excluding hydrogens is 301 g/mol. The van der Waals surface area contributed by atoms with Gasteiger partial charge in [0.2, 0.25) is 0 Å². The van der Waals surface area contributed by atoms with Crippen molar-refractivity contribution in [2.75, 3.05) is 0 Å². The number of hydrogen-bond acceptors (Lipinski definition) is 4. The summed E-state index contributed by atoms with van der Waals surface area (Å²) in [5.41, 5.74) is -3.58. The molecule has 0 amide bonds. The summed E-state index contributed by atoms with van der Waals surface area (Å²) < 4.78 is 0. The molecule has 0 N–H and O–H groups in total. The zero-order valence-corrected chi connectivity index (χ0v) is 15.4. The molecule has 0 saturated carbocycles. The van der Waals surface area contributed by atoms with E-state index in [0.717, 1.165) is 24.2 Å². The van der Waals surface area contributed by atoms with E-state index in [2.05, 4.69) is 39.5 Å². The van der Waals surface area contributed by atoms with Gasteiger partial charge in [-0.25, -0.2) is 0 Å². The van der Waals surface area contributed by atoms with E-state index in [1.54, 1.807) is 0 Å². The number of hydrogen-bond donors (Lipinski definition) is 0. The van der Waals surface area contributed by atoms with Crippen molar-refractivity contribution in [2.24, 2.45) is 11.8 Å². The molecule has 0 heterocycles. The summed E-state index contributed by atoms with van der Waals surface area (Å²) in [6.07, 6.45) is 1.84. The van der Waals surface area contributed by atoms with Crippen molar-refractivity contribution >= 4 is 28.9 Å². The third-order valence-corrected chi connectivity index (χ3v) is 5.13. The van der Waals surface area contributed by atoms with E-state index >= 15 is 0 Å². The molecule has 0 spiro atoms. The van der Waals surface area contributed by atoms with E-state index in [1.165, 1.54) is 0 Å². The Bertz CT molecular complexity index is 196. The minimum absolute atomic E-state index is 0. The molecule has 0 radical (unpaired) electrons. The molecule has 86 valence electrons. The first-order valence-corrected chi connectivity index (χ1v) is 9.03. The van der Waals surface area contributed by atoms with Crippen LogP contribution in [0.15, 0.2) is 0 Å². The van der Waals surface area contributed by atoms with E-state index in [4.69, 9.17) is 0 Å². The van der Waals surface area contributed by atoms with Crippen LogP contribution in [0.1, 0.15) is 40.5 Å². The van der Waals surface area contributed by atoms with Crippen molar-refractivity contribution in [1.82, 2.24) is 0 Å². The molecular formula is C9H19O2PS2Zn. The Labute approximate surface area is 115 Å². The quantitative estimate of drug-likeness (QED) is 0.556.